The highest BCUT2D eigenvalue weighted by atomic mass is 16.5. The van der Waals surface area contributed by atoms with Gasteiger partial charge in [0.2, 0.25) is 0 Å². The summed E-state index contributed by atoms with van der Waals surface area (Å²) in [6.45, 7) is 10.4. The third kappa shape index (κ3) is 8.38. The second-order valence-electron chi connectivity index (χ2n) is 9.18. The number of hydrogen-bond donors (Lipinski definition) is 0. The summed E-state index contributed by atoms with van der Waals surface area (Å²) in [4.78, 5) is 24.2. The molecule has 2 rings (SSSR count). The molecule has 1 aliphatic carbocycles. The Bertz CT molecular complexity index is 999. The van der Waals surface area contributed by atoms with Gasteiger partial charge in [-0.1, -0.05) is 55.4 Å². The van der Waals surface area contributed by atoms with Gasteiger partial charge < -0.3 is 9.47 Å². The minimum Gasteiger partial charge on any atom is -0.497 e. The predicted octanol–water partition coefficient (Wildman–Crippen LogP) is 6.95. The van der Waals surface area contributed by atoms with Crippen LogP contribution in [0.1, 0.15) is 64.2 Å². The summed E-state index contributed by atoms with van der Waals surface area (Å²) in [5, 5.41) is 0. The number of carbonyl (C=O) groups excluding carboxylic acids is 2. The van der Waals surface area contributed by atoms with Crippen LogP contribution in [0.15, 0.2) is 83.0 Å². The molecule has 0 atom stereocenters. The van der Waals surface area contributed by atoms with Gasteiger partial charge in [-0.3, -0.25) is 4.79 Å². The van der Waals surface area contributed by atoms with Crippen molar-refractivity contribution in [2.45, 2.75) is 53.9 Å². The molecule has 1 aromatic carbocycles. The molecular formula is C29H36O4. The molecule has 0 amide bonds. The average Bonchev–Trinajstić information content (AvgIpc) is 2.76. The minimum absolute atomic E-state index is 0.226. The number of benzene rings is 1. The lowest BCUT2D eigenvalue weighted by Crippen LogP contribution is -2.19. The van der Waals surface area contributed by atoms with Gasteiger partial charge in [0.15, 0.2) is 12.4 Å². The zero-order valence-electron chi connectivity index (χ0n) is 20.7. The number of hydrogen-bond acceptors (Lipinski definition) is 4. The molecule has 176 valence electrons. The van der Waals surface area contributed by atoms with E-state index < -0.39 is 5.97 Å². The molecular weight excluding hydrogens is 412 g/mol. The van der Waals surface area contributed by atoms with Crippen LogP contribution in [-0.4, -0.2) is 25.5 Å². The molecule has 0 aliphatic heterocycles. The maximum absolute atomic E-state index is 12.1. The van der Waals surface area contributed by atoms with Gasteiger partial charge in [0.05, 0.1) is 7.11 Å². The molecule has 4 heteroatoms. The Balaban J connectivity index is 1.88. The summed E-state index contributed by atoms with van der Waals surface area (Å²) in [6, 6.07) is 6.69. The highest BCUT2D eigenvalue weighted by Gasteiger charge is 2.26. The Hall–Kier alpha value is -3.14. The second kappa shape index (κ2) is 12.2. The summed E-state index contributed by atoms with van der Waals surface area (Å²) < 4.78 is 10.2. The molecule has 0 saturated heterocycles. The number of ether oxygens (including phenoxy) is 2. The molecule has 4 nitrogen and oxygen atoms in total. The van der Waals surface area contributed by atoms with Gasteiger partial charge in [-0.25, -0.2) is 4.79 Å². The van der Waals surface area contributed by atoms with E-state index in [2.05, 4.69) is 39.8 Å². The fourth-order valence-electron chi connectivity index (χ4n) is 3.90. The molecule has 33 heavy (non-hydrogen) atoms. The summed E-state index contributed by atoms with van der Waals surface area (Å²) in [5.74, 6) is -0.135. The number of rotatable bonds is 9. The van der Waals surface area contributed by atoms with Gasteiger partial charge in [-0.05, 0) is 80.9 Å². The van der Waals surface area contributed by atoms with Crippen molar-refractivity contribution >= 4 is 11.8 Å². The summed E-state index contributed by atoms with van der Waals surface area (Å²) >= 11 is 0. The first-order chi connectivity index (χ1) is 15.6. The quantitative estimate of drug-likeness (QED) is 0.177. The Morgan fingerprint density at radius 3 is 2.39 bits per heavy atom. The highest BCUT2D eigenvalue weighted by molar-refractivity contribution is 5.98. The van der Waals surface area contributed by atoms with Crippen LogP contribution in [0.2, 0.25) is 0 Å². The first-order valence-electron chi connectivity index (χ1n) is 11.4. The van der Waals surface area contributed by atoms with Crippen LogP contribution in [-0.2, 0) is 9.53 Å². The molecule has 0 heterocycles. The van der Waals surface area contributed by atoms with E-state index in [0.717, 1.165) is 11.1 Å². The summed E-state index contributed by atoms with van der Waals surface area (Å²) in [6.07, 6.45) is 15.2. The number of allylic oxidation sites excluding steroid dienone is 9. The van der Waals surface area contributed by atoms with Crippen LogP contribution in [0.4, 0.5) is 0 Å². The Kier molecular flexibility index (Phi) is 9.65. The zero-order chi connectivity index (χ0) is 24.4. The SMILES string of the molecule is COc1ccc(C(=O)COC(=O)/C=C(C)/C=C/C=C(C)/C=C/C2=C(C)CCCC2(C)C)cc1. The van der Waals surface area contributed by atoms with Gasteiger partial charge >= 0.3 is 5.97 Å². The minimum atomic E-state index is -0.540. The molecule has 0 unspecified atom stereocenters. The van der Waals surface area contributed by atoms with E-state index in [-0.39, 0.29) is 17.8 Å². The van der Waals surface area contributed by atoms with Crippen LogP contribution in [0.25, 0.3) is 0 Å². The number of ketones is 1. The number of methoxy groups -OCH3 is 1. The van der Waals surface area contributed by atoms with Gasteiger partial charge in [-0.2, -0.15) is 0 Å². The normalized spacial score (nSPS) is 17.0. The standard InChI is InChI=1S/C29H36O4/c1-21(12-17-26-23(3)11-8-18-29(26,4)5)9-7-10-22(2)19-28(31)33-20-27(30)24-13-15-25(32-6)16-14-24/h7,9-10,12-17,19H,8,11,18,20H2,1-6H3/b10-7+,17-12+,21-9+,22-19+. The topological polar surface area (TPSA) is 52.6 Å². The average molecular weight is 449 g/mol. The fourth-order valence-corrected chi connectivity index (χ4v) is 3.90. The second-order valence-corrected chi connectivity index (χ2v) is 9.18. The number of Topliss-reactive ketones (excluding diaryl/α,β-unsaturated/α-hetero) is 1. The van der Waals surface area contributed by atoms with E-state index in [9.17, 15) is 9.59 Å². The lowest BCUT2D eigenvalue weighted by molar-refractivity contribution is -0.136. The third-order valence-corrected chi connectivity index (χ3v) is 5.88. The summed E-state index contributed by atoms with van der Waals surface area (Å²) in [5.41, 5.74) is 5.50. The highest BCUT2D eigenvalue weighted by Crippen LogP contribution is 2.40. The predicted molar refractivity (Wildman–Crippen MR) is 134 cm³/mol. The summed E-state index contributed by atoms with van der Waals surface area (Å²) in [7, 11) is 1.56. The number of carbonyl (C=O) groups is 2. The smallest absolute Gasteiger partial charge is 0.331 e. The first-order valence-corrected chi connectivity index (χ1v) is 11.4. The largest absolute Gasteiger partial charge is 0.497 e. The Labute approximate surface area is 198 Å². The van der Waals surface area contributed by atoms with Crippen molar-refractivity contribution in [2.75, 3.05) is 13.7 Å². The van der Waals surface area contributed by atoms with Crippen molar-refractivity contribution < 1.29 is 19.1 Å². The lowest BCUT2D eigenvalue weighted by Gasteiger charge is -2.32. The van der Waals surface area contributed by atoms with Crippen LogP contribution >= 0.6 is 0 Å². The molecule has 0 aromatic heterocycles. The fraction of sp³-hybridized carbons (Fsp3) is 0.379. The molecule has 0 saturated carbocycles. The van der Waals surface area contributed by atoms with Crippen LogP contribution < -0.4 is 4.74 Å². The molecule has 0 fully saturated rings. The van der Waals surface area contributed by atoms with Crippen LogP contribution in [0.5, 0.6) is 5.75 Å². The molecule has 1 aromatic rings. The third-order valence-electron chi connectivity index (χ3n) is 5.88. The van der Waals surface area contributed by atoms with E-state index in [4.69, 9.17) is 9.47 Å². The van der Waals surface area contributed by atoms with Crippen molar-refractivity contribution in [1.82, 2.24) is 0 Å². The lowest BCUT2D eigenvalue weighted by atomic mass is 9.72. The Morgan fingerprint density at radius 2 is 1.76 bits per heavy atom. The van der Waals surface area contributed by atoms with E-state index >= 15 is 0 Å². The van der Waals surface area contributed by atoms with Crippen molar-refractivity contribution in [3.05, 3.63) is 88.6 Å². The first kappa shape index (κ1) is 26.1. The molecule has 0 spiro atoms. The van der Waals surface area contributed by atoms with Gasteiger partial charge in [0, 0.05) is 11.6 Å². The van der Waals surface area contributed by atoms with Gasteiger partial charge in [0.1, 0.15) is 5.75 Å². The van der Waals surface area contributed by atoms with E-state index in [1.165, 1.54) is 36.5 Å². The number of esters is 1. The van der Waals surface area contributed by atoms with Crippen molar-refractivity contribution in [2.24, 2.45) is 5.41 Å². The van der Waals surface area contributed by atoms with Gasteiger partial charge in [-0.15, -0.1) is 0 Å². The molecule has 0 radical (unpaired) electrons. The monoisotopic (exact) mass is 448 g/mol. The zero-order valence-corrected chi connectivity index (χ0v) is 20.7. The van der Waals surface area contributed by atoms with E-state index in [1.54, 1.807) is 31.4 Å². The van der Waals surface area contributed by atoms with Gasteiger partial charge in [0.25, 0.3) is 0 Å². The maximum atomic E-state index is 12.1. The van der Waals surface area contributed by atoms with E-state index in [1.807, 2.05) is 25.2 Å². The molecule has 0 N–H and O–H groups in total. The molecule has 0 bridgehead atoms. The Morgan fingerprint density at radius 1 is 1.06 bits per heavy atom. The van der Waals surface area contributed by atoms with Crippen molar-refractivity contribution in [1.29, 1.82) is 0 Å². The van der Waals surface area contributed by atoms with Crippen molar-refractivity contribution in [3.63, 3.8) is 0 Å². The van der Waals surface area contributed by atoms with Crippen LogP contribution in [0, 0.1) is 5.41 Å². The van der Waals surface area contributed by atoms with E-state index in [0.29, 0.717) is 11.3 Å². The van der Waals surface area contributed by atoms with Crippen LogP contribution in [0.3, 0.4) is 0 Å². The molecule has 1 aliphatic rings. The maximum Gasteiger partial charge on any atom is 0.331 e. The van der Waals surface area contributed by atoms with Crippen molar-refractivity contribution in [3.8, 4) is 5.75 Å².